The van der Waals surface area contributed by atoms with Crippen LogP contribution in [-0.4, -0.2) is 47.4 Å². The average molecular weight is 561 g/mol. The minimum atomic E-state index is -3.35. The maximum absolute atomic E-state index is 13.1. The van der Waals surface area contributed by atoms with Crippen molar-refractivity contribution in [2.45, 2.75) is 38.5 Å². The second-order valence-corrected chi connectivity index (χ2v) is 12.7. The number of anilines is 1. The standard InChI is InChI=1S/C30H32N4O3S2/c1-2-22-10-12-23(13-11-22)26-8-3-4-9-27(26)32-29(35)28-21-38-30(33-28)24-14-18-34(19-15-24)39(36,37)20-16-25-7-5-6-17-31-25/h3-13,17,21,24H,2,14-16,18-20H2,1H3,(H,32,35). The quantitative estimate of drug-likeness (QED) is 0.281. The number of thiazole rings is 1. The molecule has 1 aliphatic heterocycles. The summed E-state index contributed by atoms with van der Waals surface area (Å²) in [6, 6.07) is 21.7. The predicted octanol–water partition coefficient (Wildman–Crippen LogP) is 5.77. The molecule has 1 N–H and O–H groups in total. The fourth-order valence-electron chi connectivity index (χ4n) is 4.82. The molecule has 0 aliphatic carbocycles. The van der Waals surface area contributed by atoms with Crippen LogP contribution in [0.5, 0.6) is 0 Å². The van der Waals surface area contributed by atoms with Crippen LogP contribution >= 0.6 is 11.3 Å². The van der Waals surface area contributed by atoms with E-state index in [1.165, 1.54) is 16.9 Å². The number of nitrogens with zero attached hydrogens (tertiary/aromatic N) is 3. The molecule has 2 aromatic heterocycles. The number of carbonyl (C=O) groups is 1. The second kappa shape index (κ2) is 12.2. The molecule has 202 valence electrons. The number of benzene rings is 2. The molecular formula is C30H32N4O3S2. The summed E-state index contributed by atoms with van der Waals surface area (Å²) in [6.45, 7) is 3.04. The number of hydrogen-bond donors (Lipinski definition) is 1. The van der Waals surface area contributed by atoms with E-state index in [0.29, 0.717) is 38.0 Å². The van der Waals surface area contributed by atoms with Gasteiger partial charge in [0.25, 0.3) is 5.91 Å². The summed E-state index contributed by atoms with van der Waals surface area (Å²) in [6.07, 6.45) is 4.44. The van der Waals surface area contributed by atoms with E-state index >= 15 is 0 Å². The molecule has 0 atom stereocenters. The molecule has 0 bridgehead atoms. The Morgan fingerprint density at radius 1 is 1.03 bits per heavy atom. The van der Waals surface area contributed by atoms with Gasteiger partial charge in [-0.15, -0.1) is 11.3 Å². The molecule has 0 spiro atoms. The van der Waals surface area contributed by atoms with Gasteiger partial charge in [-0.1, -0.05) is 55.5 Å². The SMILES string of the molecule is CCc1ccc(-c2ccccc2NC(=O)c2csc(C3CCN(S(=O)(=O)CCc4ccccn4)CC3)n2)cc1. The fourth-order valence-corrected chi connectivity index (χ4v) is 7.28. The van der Waals surface area contributed by atoms with E-state index in [0.717, 1.165) is 33.9 Å². The average Bonchev–Trinajstić information content (AvgIpc) is 3.48. The molecule has 39 heavy (non-hydrogen) atoms. The highest BCUT2D eigenvalue weighted by Gasteiger charge is 2.30. The van der Waals surface area contributed by atoms with Crippen LogP contribution in [0.4, 0.5) is 5.69 Å². The van der Waals surface area contributed by atoms with Crippen LogP contribution in [0.3, 0.4) is 0 Å². The number of rotatable bonds is 9. The zero-order chi connectivity index (χ0) is 27.2. The number of hydrogen-bond acceptors (Lipinski definition) is 6. The first-order valence-electron chi connectivity index (χ1n) is 13.3. The van der Waals surface area contributed by atoms with Gasteiger partial charge in [0.2, 0.25) is 10.0 Å². The number of pyridine rings is 1. The van der Waals surface area contributed by atoms with Gasteiger partial charge in [0.05, 0.1) is 10.8 Å². The Labute approximate surface area is 234 Å². The molecule has 0 saturated carbocycles. The lowest BCUT2D eigenvalue weighted by Gasteiger charge is -2.30. The maximum atomic E-state index is 13.1. The van der Waals surface area contributed by atoms with Crippen molar-refractivity contribution >= 4 is 33.0 Å². The van der Waals surface area contributed by atoms with Crippen LogP contribution in [-0.2, 0) is 22.9 Å². The highest BCUT2D eigenvalue weighted by atomic mass is 32.2. The lowest BCUT2D eigenvalue weighted by atomic mass is 9.99. The van der Waals surface area contributed by atoms with Crippen molar-refractivity contribution in [3.63, 3.8) is 0 Å². The zero-order valence-corrected chi connectivity index (χ0v) is 23.5. The Kier molecular flexibility index (Phi) is 8.50. The van der Waals surface area contributed by atoms with E-state index in [1.807, 2.05) is 42.5 Å². The Bertz CT molecular complexity index is 1510. The van der Waals surface area contributed by atoms with Gasteiger partial charge in [0, 0.05) is 53.9 Å². The summed E-state index contributed by atoms with van der Waals surface area (Å²) in [5.41, 5.74) is 5.18. The molecule has 5 rings (SSSR count). The highest BCUT2D eigenvalue weighted by Crippen LogP contribution is 2.32. The van der Waals surface area contributed by atoms with Gasteiger partial charge < -0.3 is 5.32 Å². The van der Waals surface area contributed by atoms with E-state index < -0.39 is 10.0 Å². The third kappa shape index (κ3) is 6.61. The molecule has 1 fully saturated rings. The molecule has 0 radical (unpaired) electrons. The molecular weight excluding hydrogens is 528 g/mol. The summed E-state index contributed by atoms with van der Waals surface area (Å²) < 4.78 is 27.3. The summed E-state index contributed by atoms with van der Waals surface area (Å²) in [7, 11) is -3.35. The zero-order valence-electron chi connectivity index (χ0n) is 21.9. The van der Waals surface area contributed by atoms with Crippen LogP contribution in [0.25, 0.3) is 11.1 Å². The van der Waals surface area contributed by atoms with Crippen molar-refractivity contribution in [3.05, 3.63) is 100 Å². The van der Waals surface area contributed by atoms with Crippen molar-refractivity contribution in [2.75, 3.05) is 24.2 Å². The molecule has 1 saturated heterocycles. The number of sulfonamides is 1. The Hall–Kier alpha value is -3.40. The first kappa shape index (κ1) is 27.2. The second-order valence-electron chi connectivity index (χ2n) is 9.68. The van der Waals surface area contributed by atoms with Crippen molar-refractivity contribution < 1.29 is 13.2 Å². The third-order valence-electron chi connectivity index (χ3n) is 7.14. The van der Waals surface area contributed by atoms with Crippen LogP contribution in [0.1, 0.15) is 52.4 Å². The number of aryl methyl sites for hydroxylation is 2. The van der Waals surface area contributed by atoms with Crippen molar-refractivity contribution in [1.82, 2.24) is 14.3 Å². The third-order valence-corrected chi connectivity index (χ3v) is 10.0. The van der Waals surface area contributed by atoms with E-state index in [2.05, 4.69) is 46.5 Å². The maximum Gasteiger partial charge on any atom is 0.275 e. The smallest absolute Gasteiger partial charge is 0.275 e. The van der Waals surface area contributed by atoms with Crippen molar-refractivity contribution in [2.24, 2.45) is 0 Å². The number of para-hydroxylation sites is 1. The van der Waals surface area contributed by atoms with Crippen LogP contribution in [0, 0.1) is 0 Å². The number of aromatic nitrogens is 2. The Morgan fingerprint density at radius 3 is 2.49 bits per heavy atom. The minimum absolute atomic E-state index is 0.0560. The van der Waals surface area contributed by atoms with E-state index in [4.69, 9.17) is 0 Å². The lowest BCUT2D eigenvalue weighted by molar-refractivity contribution is 0.102. The lowest BCUT2D eigenvalue weighted by Crippen LogP contribution is -2.39. The van der Waals surface area contributed by atoms with E-state index in [1.54, 1.807) is 15.9 Å². The Morgan fingerprint density at radius 2 is 1.77 bits per heavy atom. The van der Waals surface area contributed by atoms with Crippen molar-refractivity contribution in [1.29, 1.82) is 0 Å². The van der Waals surface area contributed by atoms with E-state index in [9.17, 15) is 13.2 Å². The largest absolute Gasteiger partial charge is 0.320 e. The minimum Gasteiger partial charge on any atom is -0.320 e. The molecule has 4 aromatic rings. The summed E-state index contributed by atoms with van der Waals surface area (Å²) in [5, 5.41) is 5.71. The molecule has 3 heterocycles. The van der Waals surface area contributed by atoms with Gasteiger partial charge in [-0.25, -0.2) is 17.7 Å². The summed E-state index contributed by atoms with van der Waals surface area (Å²) in [4.78, 5) is 22.0. The van der Waals surface area contributed by atoms with Gasteiger partial charge in [0.1, 0.15) is 5.69 Å². The first-order chi connectivity index (χ1) is 18.9. The molecule has 9 heteroatoms. The monoisotopic (exact) mass is 560 g/mol. The molecule has 7 nitrogen and oxygen atoms in total. The molecule has 1 amide bonds. The number of amides is 1. The number of piperidine rings is 1. The van der Waals surface area contributed by atoms with Gasteiger partial charge in [-0.05, 0) is 48.6 Å². The van der Waals surface area contributed by atoms with Crippen molar-refractivity contribution in [3.8, 4) is 11.1 Å². The summed E-state index contributed by atoms with van der Waals surface area (Å²) >= 11 is 1.47. The van der Waals surface area contributed by atoms with Crippen LogP contribution in [0.2, 0.25) is 0 Å². The normalized spacial score (nSPS) is 14.8. The topological polar surface area (TPSA) is 92.3 Å². The van der Waals surface area contributed by atoms with Crippen LogP contribution in [0.15, 0.2) is 78.3 Å². The van der Waals surface area contributed by atoms with E-state index in [-0.39, 0.29) is 17.6 Å². The number of carbonyl (C=O) groups excluding carboxylic acids is 1. The van der Waals surface area contributed by atoms with Gasteiger partial charge in [-0.2, -0.15) is 0 Å². The molecule has 1 aliphatic rings. The predicted molar refractivity (Wildman–Crippen MR) is 157 cm³/mol. The molecule has 0 unspecified atom stereocenters. The summed E-state index contributed by atoms with van der Waals surface area (Å²) in [5.74, 6) is -0.0478. The first-order valence-corrected chi connectivity index (χ1v) is 15.7. The van der Waals surface area contributed by atoms with Crippen LogP contribution < -0.4 is 5.32 Å². The Balaban J connectivity index is 1.19. The van der Waals surface area contributed by atoms with Gasteiger partial charge >= 0.3 is 0 Å². The van der Waals surface area contributed by atoms with Gasteiger partial charge in [-0.3, -0.25) is 9.78 Å². The van der Waals surface area contributed by atoms with Gasteiger partial charge in [0.15, 0.2) is 0 Å². The fraction of sp³-hybridized carbons (Fsp3) is 0.300. The number of nitrogens with one attached hydrogen (secondary N) is 1. The highest BCUT2D eigenvalue weighted by molar-refractivity contribution is 7.89. The molecule has 2 aromatic carbocycles.